The van der Waals surface area contributed by atoms with Crippen LogP contribution in [0.4, 0.5) is 11.5 Å². The quantitative estimate of drug-likeness (QED) is 0.492. The molecule has 0 radical (unpaired) electrons. The SMILES string of the molecule is CCC1=CC(=Nc2c(NCCCN(C)C)nn3ccccc23)C(=N)c2c1[nH]c(C)c2C. The van der Waals surface area contributed by atoms with E-state index in [1.54, 1.807) is 0 Å². The lowest BCUT2D eigenvalue weighted by Crippen LogP contribution is -2.19. The number of aromatic nitrogens is 3. The molecule has 31 heavy (non-hydrogen) atoms. The molecule has 3 heterocycles. The van der Waals surface area contributed by atoms with Gasteiger partial charge in [0.15, 0.2) is 5.82 Å². The van der Waals surface area contributed by atoms with Gasteiger partial charge in [-0.05, 0) is 76.7 Å². The first kappa shape index (κ1) is 21.1. The van der Waals surface area contributed by atoms with Crippen molar-refractivity contribution in [1.29, 1.82) is 5.41 Å². The fraction of sp³-hybridized carbons (Fsp3) is 0.375. The van der Waals surface area contributed by atoms with Gasteiger partial charge < -0.3 is 15.2 Å². The second-order valence-corrected chi connectivity index (χ2v) is 8.33. The van der Waals surface area contributed by atoms with E-state index < -0.39 is 0 Å². The Morgan fingerprint density at radius 3 is 2.81 bits per heavy atom. The zero-order chi connectivity index (χ0) is 22.1. The number of anilines is 1. The largest absolute Gasteiger partial charge is 0.367 e. The molecule has 3 N–H and O–H groups in total. The van der Waals surface area contributed by atoms with Crippen LogP contribution in [0.15, 0.2) is 35.5 Å². The van der Waals surface area contributed by atoms with E-state index in [1.807, 2.05) is 35.0 Å². The molecular weight excluding hydrogens is 386 g/mol. The molecule has 1 aliphatic carbocycles. The third kappa shape index (κ3) is 3.93. The smallest absolute Gasteiger partial charge is 0.175 e. The molecule has 0 fully saturated rings. The fourth-order valence-electron chi connectivity index (χ4n) is 4.01. The van der Waals surface area contributed by atoms with Crippen molar-refractivity contribution < 1.29 is 0 Å². The highest BCUT2D eigenvalue weighted by atomic mass is 15.3. The Bertz CT molecular complexity index is 1190. The Balaban J connectivity index is 1.77. The zero-order valence-corrected chi connectivity index (χ0v) is 19.0. The van der Waals surface area contributed by atoms with Gasteiger partial charge in [0.05, 0.1) is 22.6 Å². The number of aliphatic imine (C=N–C) groups is 1. The van der Waals surface area contributed by atoms with Crippen LogP contribution in [0.3, 0.4) is 0 Å². The summed E-state index contributed by atoms with van der Waals surface area (Å²) in [6, 6.07) is 5.97. The Morgan fingerprint density at radius 2 is 2.06 bits per heavy atom. The van der Waals surface area contributed by atoms with Crippen molar-refractivity contribution in [3.63, 3.8) is 0 Å². The maximum atomic E-state index is 8.89. The first-order valence-corrected chi connectivity index (χ1v) is 10.8. The standard InChI is InChI=1S/C24H31N7/c1-6-17-14-18(21(25)20-15(2)16(3)27-22(17)20)28-23-19-10-7-8-13-31(19)29-24(23)26-11-9-12-30(4)5/h7-8,10,13-14,25,27H,6,9,11-12H2,1-5H3,(H,26,29). The minimum atomic E-state index is 0.461. The average Bonchev–Trinajstić information content (AvgIpc) is 3.25. The van der Waals surface area contributed by atoms with Gasteiger partial charge in [-0.2, -0.15) is 0 Å². The van der Waals surface area contributed by atoms with Crippen LogP contribution in [0, 0.1) is 19.3 Å². The van der Waals surface area contributed by atoms with Crippen molar-refractivity contribution >= 4 is 34.0 Å². The van der Waals surface area contributed by atoms with E-state index in [1.165, 1.54) is 5.57 Å². The molecule has 3 aromatic heterocycles. The zero-order valence-electron chi connectivity index (χ0n) is 19.0. The third-order valence-corrected chi connectivity index (χ3v) is 5.84. The predicted molar refractivity (Wildman–Crippen MR) is 129 cm³/mol. The molecule has 0 saturated heterocycles. The summed E-state index contributed by atoms with van der Waals surface area (Å²) < 4.78 is 1.85. The van der Waals surface area contributed by atoms with E-state index >= 15 is 0 Å². The second-order valence-electron chi connectivity index (χ2n) is 8.33. The highest BCUT2D eigenvalue weighted by Crippen LogP contribution is 2.34. The topological polar surface area (TPSA) is 84.6 Å². The van der Waals surface area contributed by atoms with E-state index in [0.29, 0.717) is 11.4 Å². The average molecular weight is 418 g/mol. The first-order chi connectivity index (χ1) is 14.9. The van der Waals surface area contributed by atoms with Crippen molar-refractivity contribution in [3.8, 4) is 0 Å². The van der Waals surface area contributed by atoms with E-state index in [-0.39, 0.29) is 0 Å². The number of allylic oxidation sites excluding steroid dienone is 2. The maximum Gasteiger partial charge on any atom is 0.175 e. The summed E-state index contributed by atoms with van der Waals surface area (Å²) in [4.78, 5) is 10.6. The van der Waals surface area contributed by atoms with Crippen LogP contribution >= 0.6 is 0 Å². The summed E-state index contributed by atoms with van der Waals surface area (Å²) in [6.45, 7) is 8.09. The van der Waals surface area contributed by atoms with Crippen LogP contribution in [0.25, 0.3) is 11.1 Å². The van der Waals surface area contributed by atoms with E-state index in [9.17, 15) is 0 Å². The van der Waals surface area contributed by atoms with E-state index in [4.69, 9.17) is 15.5 Å². The highest BCUT2D eigenvalue weighted by Gasteiger charge is 2.26. The minimum Gasteiger partial charge on any atom is -0.367 e. The van der Waals surface area contributed by atoms with Crippen LogP contribution in [-0.4, -0.2) is 58.1 Å². The summed E-state index contributed by atoms with van der Waals surface area (Å²) in [5, 5.41) is 17.1. The number of aromatic amines is 1. The lowest BCUT2D eigenvalue weighted by Gasteiger charge is -2.16. The van der Waals surface area contributed by atoms with Crippen LogP contribution in [0.2, 0.25) is 0 Å². The lowest BCUT2D eigenvalue weighted by molar-refractivity contribution is 0.405. The number of hydrogen-bond donors (Lipinski definition) is 3. The van der Waals surface area contributed by atoms with Crippen molar-refractivity contribution in [1.82, 2.24) is 19.5 Å². The van der Waals surface area contributed by atoms with Gasteiger partial charge in [-0.15, -0.1) is 5.10 Å². The van der Waals surface area contributed by atoms with Gasteiger partial charge in [0.25, 0.3) is 0 Å². The van der Waals surface area contributed by atoms with Crippen molar-refractivity contribution in [2.75, 3.05) is 32.5 Å². The summed E-state index contributed by atoms with van der Waals surface area (Å²) >= 11 is 0. The summed E-state index contributed by atoms with van der Waals surface area (Å²) in [5.74, 6) is 0.754. The molecule has 0 aromatic carbocycles. The molecule has 0 atom stereocenters. The molecule has 7 heteroatoms. The molecule has 0 bridgehead atoms. The summed E-state index contributed by atoms with van der Waals surface area (Å²) in [6.07, 6.45) is 5.87. The lowest BCUT2D eigenvalue weighted by atomic mass is 9.90. The number of pyridine rings is 1. The maximum absolute atomic E-state index is 8.89. The molecule has 162 valence electrons. The van der Waals surface area contributed by atoms with Gasteiger partial charge in [-0.3, -0.25) is 5.41 Å². The van der Waals surface area contributed by atoms with Gasteiger partial charge in [0, 0.05) is 24.0 Å². The molecule has 0 saturated carbocycles. The fourth-order valence-corrected chi connectivity index (χ4v) is 4.01. The monoisotopic (exact) mass is 417 g/mol. The summed E-state index contributed by atoms with van der Waals surface area (Å²) in [7, 11) is 4.15. The van der Waals surface area contributed by atoms with Gasteiger partial charge in [-0.25, -0.2) is 9.51 Å². The van der Waals surface area contributed by atoms with Gasteiger partial charge in [0.2, 0.25) is 0 Å². The number of hydrogen-bond acceptors (Lipinski definition) is 5. The van der Waals surface area contributed by atoms with E-state index in [0.717, 1.165) is 65.5 Å². The van der Waals surface area contributed by atoms with Gasteiger partial charge in [-0.1, -0.05) is 13.0 Å². The van der Waals surface area contributed by atoms with Gasteiger partial charge >= 0.3 is 0 Å². The Morgan fingerprint density at radius 1 is 1.26 bits per heavy atom. The predicted octanol–water partition coefficient (Wildman–Crippen LogP) is 4.59. The number of rotatable bonds is 7. The molecule has 1 aliphatic rings. The van der Waals surface area contributed by atoms with Crippen LogP contribution < -0.4 is 5.32 Å². The Labute approximate surface area is 183 Å². The summed E-state index contributed by atoms with van der Waals surface area (Å²) in [5.41, 5.74) is 8.28. The van der Waals surface area contributed by atoms with Crippen LogP contribution in [0.1, 0.15) is 42.3 Å². The first-order valence-electron chi connectivity index (χ1n) is 10.8. The normalized spacial score (nSPS) is 15.1. The molecule has 4 rings (SSSR count). The van der Waals surface area contributed by atoms with E-state index in [2.05, 4.69) is 50.1 Å². The molecule has 0 amide bonds. The van der Waals surface area contributed by atoms with Gasteiger partial charge in [0.1, 0.15) is 5.69 Å². The highest BCUT2D eigenvalue weighted by molar-refractivity contribution is 6.54. The number of aryl methyl sites for hydroxylation is 1. The number of fused-ring (bicyclic) bond motifs is 2. The Kier molecular flexibility index (Phi) is 5.78. The molecule has 0 spiro atoms. The molecular formula is C24H31N7. The van der Waals surface area contributed by atoms with Crippen molar-refractivity contribution in [3.05, 3.63) is 53.0 Å². The molecule has 0 unspecified atom stereocenters. The Hall–Kier alpha value is -3.19. The van der Waals surface area contributed by atoms with Crippen molar-refractivity contribution in [2.24, 2.45) is 4.99 Å². The number of nitrogens with one attached hydrogen (secondary N) is 3. The third-order valence-electron chi connectivity index (χ3n) is 5.84. The molecule has 7 nitrogen and oxygen atoms in total. The number of H-pyrrole nitrogens is 1. The second kappa shape index (κ2) is 8.51. The molecule has 3 aromatic rings. The number of nitrogens with zero attached hydrogens (tertiary/aromatic N) is 4. The van der Waals surface area contributed by atoms with Crippen LogP contribution in [0.5, 0.6) is 0 Å². The van der Waals surface area contributed by atoms with Crippen molar-refractivity contribution in [2.45, 2.75) is 33.6 Å². The molecule has 0 aliphatic heterocycles. The minimum absolute atomic E-state index is 0.461. The van der Waals surface area contributed by atoms with Crippen LogP contribution in [-0.2, 0) is 0 Å².